The smallest absolute Gasteiger partial charge is 0.232 e. The molecule has 3 rings (SSSR count). The van der Waals surface area contributed by atoms with E-state index in [1.54, 1.807) is 7.11 Å². The van der Waals surface area contributed by atoms with Gasteiger partial charge in [0.2, 0.25) is 5.91 Å². The molecule has 1 aromatic rings. The Morgan fingerprint density at radius 1 is 1.24 bits per heavy atom. The topological polar surface area (TPSA) is 44.8 Å². The number of ether oxygens (including phenoxy) is 1. The van der Waals surface area contributed by atoms with Crippen LogP contribution in [0.2, 0.25) is 0 Å². The summed E-state index contributed by atoms with van der Waals surface area (Å²) in [5.74, 6) is 0.259. The summed E-state index contributed by atoms with van der Waals surface area (Å²) in [6.45, 7) is 9.85. The van der Waals surface area contributed by atoms with Gasteiger partial charge in [0.15, 0.2) is 0 Å². The molecule has 25 heavy (non-hydrogen) atoms. The Hall–Kier alpha value is -1.30. The highest BCUT2D eigenvalue weighted by atomic mass is 35.5. The van der Waals surface area contributed by atoms with Crippen molar-refractivity contribution >= 4 is 24.0 Å². The average Bonchev–Trinajstić information content (AvgIpc) is 3.07. The Bertz CT molecular complexity index is 594. The van der Waals surface area contributed by atoms with E-state index in [0.717, 1.165) is 45.7 Å². The second-order valence-corrected chi connectivity index (χ2v) is 7.14. The Balaban J connectivity index is 0.00000225. The summed E-state index contributed by atoms with van der Waals surface area (Å²) in [4.78, 5) is 17.5. The molecule has 0 aliphatic carbocycles. The summed E-state index contributed by atoms with van der Waals surface area (Å²) in [5.41, 5.74) is 3.60. The van der Waals surface area contributed by atoms with E-state index >= 15 is 0 Å². The first-order valence-corrected chi connectivity index (χ1v) is 8.87. The molecule has 0 aromatic heterocycles. The zero-order chi connectivity index (χ0) is 17.2. The van der Waals surface area contributed by atoms with Crippen molar-refractivity contribution in [2.75, 3.05) is 57.9 Å². The molecule has 0 spiro atoms. The lowest BCUT2D eigenvalue weighted by molar-refractivity contribution is -0.144. The van der Waals surface area contributed by atoms with Gasteiger partial charge in [-0.15, -0.1) is 12.4 Å². The number of amides is 1. The van der Waals surface area contributed by atoms with Crippen LogP contribution in [0.5, 0.6) is 0 Å². The van der Waals surface area contributed by atoms with E-state index in [0.29, 0.717) is 6.61 Å². The number of carbonyl (C=O) groups is 1. The third kappa shape index (κ3) is 3.94. The predicted octanol–water partition coefficient (Wildman–Crippen LogP) is 2.00. The fourth-order valence-corrected chi connectivity index (χ4v) is 3.95. The SMILES string of the molecule is COCC1(C(=O)N2CCN(c3cccc(C)c3C)CC2)CCNC1.Cl. The van der Waals surface area contributed by atoms with E-state index in [4.69, 9.17) is 4.74 Å². The van der Waals surface area contributed by atoms with Gasteiger partial charge in [-0.2, -0.15) is 0 Å². The number of nitrogens with one attached hydrogen (secondary N) is 1. The van der Waals surface area contributed by atoms with Crippen LogP contribution in [0.3, 0.4) is 0 Å². The molecule has 1 aromatic carbocycles. The fourth-order valence-electron chi connectivity index (χ4n) is 3.95. The number of hydrogen-bond acceptors (Lipinski definition) is 4. The maximum atomic E-state index is 13.1. The average molecular weight is 368 g/mol. The number of aryl methyl sites for hydroxylation is 1. The van der Waals surface area contributed by atoms with E-state index in [9.17, 15) is 4.79 Å². The Kier molecular flexibility index (Phi) is 6.72. The first-order chi connectivity index (χ1) is 11.6. The number of nitrogens with zero attached hydrogens (tertiary/aromatic N) is 2. The van der Waals surface area contributed by atoms with Crippen LogP contribution in [0.25, 0.3) is 0 Å². The van der Waals surface area contributed by atoms with E-state index in [2.05, 4.69) is 42.3 Å². The fraction of sp³-hybridized carbons (Fsp3) is 0.632. The van der Waals surface area contributed by atoms with Crippen molar-refractivity contribution in [2.45, 2.75) is 20.3 Å². The van der Waals surface area contributed by atoms with Crippen LogP contribution >= 0.6 is 12.4 Å². The monoisotopic (exact) mass is 367 g/mol. The molecular formula is C19H30ClN3O2. The molecule has 1 amide bonds. The zero-order valence-electron chi connectivity index (χ0n) is 15.5. The van der Waals surface area contributed by atoms with E-state index < -0.39 is 0 Å². The molecule has 0 radical (unpaired) electrons. The normalized spacial score (nSPS) is 23.5. The summed E-state index contributed by atoms with van der Waals surface area (Å²) in [5, 5.41) is 3.33. The lowest BCUT2D eigenvalue weighted by atomic mass is 9.86. The number of carbonyl (C=O) groups excluding carboxylic acids is 1. The van der Waals surface area contributed by atoms with Crippen molar-refractivity contribution in [1.29, 1.82) is 0 Å². The third-order valence-electron chi connectivity index (χ3n) is 5.60. The zero-order valence-corrected chi connectivity index (χ0v) is 16.3. The first kappa shape index (κ1) is 20.0. The summed E-state index contributed by atoms with van der Waals surface area (Å²) in [6, 6.07) is 6.46. The molecule has 1 unspecified atom stereocenters. The standard InChI is InChI=1S/C19H29N3O2.ClH/c1-15-5-4-6-17(16(15)2)21-9-11-22(12-10-21)18(23)19(14-24-3)7-8-20-13-19;/h4-6,20H,7-14H2,1-3H3;1H. The van der Waals surface area contributed by atoms with Gasteiger partial charge in [0, 0.05) is 45.5 Å². The van der Waals surface area contributed by atoms with Gasteiger partial charge in [0.1, 0.15) is 0 Å². The minimum absolute atomic E-state index is 0. The number of rotatable bonds is 4. The molecule has 2 aliphatic heterocycles. The molecule has 2 heterocycles. The van der Waals surface area contributed by atoms with Crippen LogP contribution in [-0.4, -0.2) is 63.8 Å². The Morgan fingerprint density at radius 2 is 1.96 bits per heavy atom. The summed E-state index contributed by atoms with van der Waals surface area (Å²) in [6.07, 6.45) is 0.872. The molecule has 140 valence electrons. The van der Waals surface area contributed by atoms with Gasteiger partial charge < -0.3 is 19.9 Å². The highest BCUT2D eigenvalue weighted by molar-refractivity contribution is 5.85. The van der Waals surface area contributed by atoms with E-state index in [1.165, 1.54) is 16.8 Å². The van der Waals surface area contributed by atoms with Gasteiger partial charge >= 0.3 is 0 Å². The van der Waals surface area contributed by atoms with Gasteiger partial charge in [0.25, 0.3) is 0 Å². The summed E-state index contributed by atoms with van der Waals surface area (Å²) in [7, 11) is 1.69. The van der Waals surface area contributed by atoms with Crippen LogP contribution in [0.4, 0.5) is 5.69 Å². The number of methoxy groups -OCH3 is 1. The van der Waals surface area contributed by atoms with Crippen molar-refractivity contribution in [2.24, 2.45) is 5.41 Å². The molecule has 1 N–H and O–H groups in total. The first-order valence-electron chi connectivity index (χ1n) is 8.87. The molecule has 0 bridgehead atoms. The predicted molar refractivity (Wildman–Crippen MR) is 104 cm³/mol. The quantitative estimate of drug-likeness (QED) is 0.884. The molecule has 5 nitrogen and oxygen atoms in total. The van der Waals surface area contributed by atoms with Crippen LogP contribution in [0, 0.1) is 19.3 Å². The van der Waals surface area contributed by atoms with Crippen LogP contribution in [0.1, 0.15) is 17.5 Å². The minimum atomic E-state index is -0.365. The minimum Gasteiger partial charge on any atom is -0.384 e. The maximum Gasteiger partial charge on any atom is 0.232 e. The van der Waals surface area contributed by atoms with Gasteiger partial charge in [-0.05, 0) is 44.0 Å². The van der Waals surface area contributed by atoms with Crippen molar-refractivity contribution in [3.05, 3.63) is 29.3 Å². The molecule has 2 fully saturated rings. The second-order valence-electron chi connectivity index (χ2n) is 7.14. The number of piperazine rings is 1. The number of anilines is 1. The number of hydrogen-bond donors (Lipinski definition) is 1. The van der Waals surface area contributed by atoms with Crippen molar-refractivity contribution < 1.29 is 9.53 Å². The summed E-state index contributed by atoms with van der Waals surface area (Å²) < 4.78 is 5.36. The van der Waals surface area contributed by atoms with E-state index in [1.807, 2.05) is 4.90 Å². The highest BCUT2D eigenvalue weighted by Crippen LogP contribution is 2.30. The van der Waals surface area contributed by atoms with Gasteiger partial charge in [-0.25, -0.2) is 0 Å². The van der Waals surface area contributed by atoms with Crippen LogP contribution in [0.15, 0.2) is 18.2 Å². The van der Waals surface area contributed by atoms with Crippen molar-refractivity contribution in [3.8, 4) is 0 Å². The lowest BCUT2D eigenvalue weighted by Gasteiger charge is -2.40. The number of benzene rings is 1. The van der Waals surface area contributed by atoms with Gasteiger partial charge in [0.05, 0.1) is 12.0 Å². The Labute approximate surface area is 157 Å². The third-order valence-corrected chi connectivity index (χ3v) is 5.60. The molecule has 6 heteroatoms. The highest BCUT2D eigenvalue weighted by Gasteiger charge is 2.44. The largest absolute Gasteiger partial charge is 0.384 e. The molecular weight excluding hydrogens is 338 g/mol. The molecule has 2 saturated heterocycles. The second kappa shape index (κ2) is 8.39. The van der Waals surface area contributed by atoms with Gasteiger partial charge in [-0.1, -0.05) is 12.1 Å². The van der Waals surface area contributed by atoms with Gasteiger partial charge in [-0.3, -0.25) is 4.79 Å². The Morgan fingerprint density at radius 3 is 2.56 bits per heavy atom. The molecule has 1 atom stereocenters. The lowest BCUT2D eigenvalue weighted by Crippen LogP contribution is -2.55. The molecule has 2 aliphatic rings. The van der Waals surface area contributed by atoms with Crippen molar-refractivity contribution in [1.82, 2.24) is 10.2 Å². The maximum absolute atomic E-state index is 13.1. The van der Waals surface area contributed by atoms with E-state index in [-0.39, 0.29) is 23.7 Å². The summed E-state index contributed by atoms with van der Waals surface area (Å²) >= 11 is 0. The number of halogens is 1. The van der Waals surface area contributed by atoms with Crippen LogP contribution < -0.4 is 10.2 Å². The van der Waals surface area contributed by atoms with Crippen molar-refractivity contribution in [3.63, 3.8) is 0 Å². The van der Waals surface area contributed by atoms with Crippen LogP contribution in [-0.2, 0) is 9.53 Å². The molecule has 0 saturated carbocycles.